The number of hydrogen-bond donors (Lipinski definition) is 8. The fourth-order valence-electron chi connectivity index (χ4n) is 11.9. The summed E-state index contributed by atoms with van der Waals surface area (Å²) < 4.78 is 11.2. The Morgan fingerprint density at radius 3 is 1.10 bits per heavy atom. The predicted molar refractivity (Wildman–Crippen MR) is 362 cm³/mol. The molecule has 1 saturated heterocycles. The van der Waals surface area contributed by atoms with Crippen LogP contribution in [-0.2, 0) is 14.3 Å². The summed E-state index contributed by atoms with van der Waals surface area (Å²) in [5, 5.41) is 76.5. The maximum atomic E-state index is 13.3. The zero-order chi connectivity index (χ0) is 62.4. The van der Waals surface area contributed by atoms with E-state index in [1.165, 1.54) is 263 Å². The van der Waals surface area contributed by atoms with Crippen LogP contribution in [0.2, 0.25) is 0 Å². The van der Waals surface area contributed by atoms with Crippen molar-refractivity contribution in [1.82, 2.24) is 5.32 Å². The van der Waals surface area contributed by atoms with Crippen LogP contribution in [0.15, 0.2) is 48.6 Å². The highest BCUT2D eigenvalue weighted by atomic mass is 16.7. The van der Waals surface area contributed by atoms with Crippen molar-refractivity contribution in [3.8, 4) is 0 Å². The van der Waals surface area contributed by atoms with Gasteiger partial charge in [0, 0.05) is 0 Å². The molecule has 1 aliphatic heterocycles. The Bertz CT molecular complexity index is 1540. The van der Waals surface area contributed by atoms with Crippen molar-refractivity contribution in [3.63, 3.8) is 0 Å². The molecule has 1 fully saturated rings. The first-order valence-corrected chi connectivity index (χ1v) is 37.0. The normalized spacial score (nSPS) is 19.0. The Hall–Kier alpha value is -1.93. The molecule has 0 saturated carbocycles. The second-order valence-electron chi connectivity index (χ2n) is 26.0. The summed E-state index contributed by atoms with van der Waals surface area (Å²) in [6, 6.07) is -1.19. The van der Waals surface area contributed by atoms with Gasteiger partial charge in [-0.2, -0.15) is 0 Å². The number of unbranched alkanes of at least 4 members (excludes halogenated alkanes) is 45. The van der Waals surface area contributed by atoms with E-state index in [0.29, 0.717) is 19.3 Å². The molecule has 1 aliphatic rings. The van der Waals surface area contributed by atoms with Crippen LogP contribution in [0.25, 0.3) is 0 Å². The first-order chi connectivity index (χ1) is 42.2. The Morgan fingerprint density at radius 2 is 0.733 bits per heavy atom. The van der Waals surface area contributed by atoms with E-state index in [9.17, 15) is 40.5 Å². The third-order valence-electron chi connectivity index (χ3n) is 17.8. The highest BCUT2D eigenvalue weighted by Gasteiger charge is 2.44. The fraction of sp³-hybridized carbons (Fsp3) is 0.880. The van der Waals surface area contributed by atoms with Gasteiger partial charge in [0.05, 0.1) is 25.4 Å². The first kappa shape index (κ1) is 82.1. The molecule has 9 unspecified atom stereocenters. The lowest BCUT2D eigenvalue weighted by molar-refractivity contribution is -0.303. The SMILES string of the molecule is CCCCCCCCCCCCCC/C=C/CC/C=C/CCCC(O)C(O)C(COC1OC(CO)C(O)C(O)C1O)NC(=O)C(O)CCCCCCCCCCCCCCCCCC/C=C\C/C=C\CCCCCCCCCCCCCCCCC. The highest BCUT2D eigenvalue weighted by molar-refractivity contribution is 5.80. The maximum absolute atomic E-state index is 13.3. The van der Waals surface area contributed by atoms with E-state index in [2.05, 4.69) is 67.8 Å². The maximum Gasteiger partial charge on any atom is 0.249 e. The zero-order valence-electron chi connectivity index (χ0n) is 56.1. The number of aliphatic hydroxyl groups is 7. The quantitative estimate of drug-likeness (QED) is 0.0215. The van der Waals surface area contributed by atoms with Gasteiger partial charge < -0.3 is 50.5 Å². The van der Waals surface area contributed by atoms with Crippen LogP contribution >= 0.6 is 0 Å². The predicted octanol–water partition coefficient (Wildman–Crippen LogP) is 18.3. The Balaban J connectivity index is 2.15. The minimum atomic E-state index is -1.67. The number of rotatable bonds is 65. The number of nitrogens with one attached hydrogen (secondary N) is 1. The molecule has 1 heterocycles. The topological polar surface area (TPSA) is 189 Å². The van der Waals surface area contributed by atoms with E-state index in [0.717, 1.165) is 44.9 Å². The number of hydrogen-bond acceptors (Lipinski definition) is 10. The summed E-state index contributed by atoms with van der Waals surface area (Å²) in [7, 11) is 0. The zero-order valence-corrected chi connectivity index (χ0v) is 56.1. The van der Waals surface area contributed by atoms with E-state index < -0.39 is 74.2 Å². The van der Waals surface area contributed by atoms with Crippen molar-refractivity contribution in [2.24, 2.45) is 0 Å². The molecule has 11 heteroatoms. The molecule has 0 spiro atoms. The van der Waals surface area contributed by atoms with E-state index in [4.69, 9.17) is 9.47 Å². The second-order valence-corrected chi connectivity index (χ2v) is 26.0. The molecule has 0 aliphatic carbocycles. The number of carbonyl (C=O) groups is 1. The molecule has 0 aromatic rings. The average Bonchev–Trinajstić information content (AvgIpc) is 2.94. The van der Waals surface area contributed by atoms with Crippen molar-refractivity contribution in [2.45, 2.75) is 409 Å². The third-order valence-corrected chi connectivity index (χ3v) is 17.8. The molecule has 0 aromatic heterocycles. The van der Waals surface area contributed by atoms with Gasteiger partial charge in [-0.3, -0.25) is 4.79 Å². The molecule has 86 heavy (non-hydrogen) atoms. The Kier molecular flexibility index (Phi) is 60.3. The van der Waals surface area contributed by atoms with Crippen LogP contribution in [0.3, 0.4) is 0 Å². The van der Waals surface area contributed by atoms with Crippen LogP contribution in [-0.4, -0.2) is 110 Å². The van der Waals surface area contributed by atoms with Crippen LogP contribution in [0.4, 0.5) is 0 Å². The molecule has 11 nitrogen and oxygen atoms in total. The number of aliphatic hydroxyl groups excluding tert-OH is 7. The summed E-state index contributed by atoms with van der Waals surface area (Å²) in [4.78, 5) is 13.3. The van der Waals surface area contributed by atoms with Crippen molar-refractivity contribution < 1.29 is 50.0 Å². The summed E-state index contributed by atoms with van der Waals surface area (Å²) in [5.74, 6) is -0.706. The number of allylic oxidation sites excluding steroid dienone is 8. The summed E-state index contributed by atoms with van der Waals surface area (Å²) >= 11 is 0. The van der Waals surface area contributed by atoms with Crippen LogP contribution in [0, 0.1) is 0 Å². The Labute approximate surface area is 529 Å². The minimum Gasteiger partial charge on any atom is -0.394 e. The number of carbonyl (C=O) groups excluding carboxylic acids is 1. The van der Waals surface area contributed by atoms with Gasteiger partial charge in [-0.1, -0.05) is 319 Å². The van der Waals surface area contributed by atoms with Gasteiger partial charge in [0.2, 0.25) is 5.91 Å². The molecular formula is C75H141NO10. The smallest absolute Gasteiger partial charge is 0.249 e. The van der Waals surface area contributed by atoms with E-state index in [1.54, 1.807) is 0 Å². The lowest BCUT2D eigenvalue weighted by Gasteiger charge is -2.40. The van der Waals surface area contributed by atoms with Crippen LogP contribution in [0.5, 0.6) is 0 Å². The molecule has 1 rings (SSSR count). The van der Waals surface area contributed by atoms with Gasteiger partial charge >= 0.3 is 0 Å². The summed E-state index contributed by atoms with van der Waals surface area (Å²) in [6.45, 7) is 3.48. The van der Waals surface area contributed by atoms with Gasteiger partial charge in [0.15, 0.2) is 6.29 Å². The summed E-state index contributed by atoms with van der Waals surface area (Å²) in [6.07, 6.45) is 72.2. The average molecular weight is 1220 g/mol. The molecule has 8 N–H and O–H groups in total. The molecule has 0 aromatic carbocycles. The van der Waals surface area contributed by atoms with Gasteiger partial charge in [-0.05, 0) is 83.5 Å². The van der Waals surface area contributed by atoms with Crippen molar-refractivity contribution in [2.75, 3.05) is 13.2 Å². The lowest BCUT2D eigenvalue weighted by Crippen LogP contribution is -2.60. The van der Waals surface area contributed by atoms with Gasteiger partial charge in [0.25, 0.3) is 0 Å². The monoisotopic (exact) mass is 1220 g/mol. The standard InChI is InChI=1S/C75H141NO10/c1-3-5-7-9-11-13-15-17-19-21-23-25-26-27-28-29-30-31-32-33-34-35-36-37-38-39-40-41-43-45-47-49-51-53-55-57-59-61-63-68(79)74(84)76-66(65-85-75-73(83)72(82)71(81)69(64-77)86-75)70(80)67(78)62-60-58-56-54-52-50-48-46-44-42-24-22-20-18-16-14-12-10-8-6-4-2/h30-31,33-34,46,48,54,56,66-73,75,77-83H,3-29,32,35-45,47,49-53,55,57-65H2,1-2H3,(H,76,84)/b31-30-,34-33-,48-46+,56-54+. The second kappa shape index (κ2) is 63.2. The van der Waals surface area contributed by atoms with E-state index in [-0.39, 0.29) is 12.8 Å². The van der Waals surface area contributed by atoms with Crippen LogP contribution in [0.1, 0.15) is 354 Å². The van der Waals surface area contributed by atoms with Gasteiger partial charge in [-0.15, -0.1) is 0 Å². The molecular weight excluding hydrogens is 1070 g/mol. The van der Waals surface area contributed by atoms with Crippen LogP contribution < -0.4 is 5.32 Å². The molecule has 0 radical (unpaired) electrons. The number of ether oxygens (including phenoxy) is 2. The highest BCUT2D eigenvalue weighted by Crippen LogP contribution is 2.24. The van der Waals surface area contributed by atoms with E-state index in [1.807, 2.05) is 0 Å². The van der Waals surface area contributed by atoms with E-state index >= 15 is 0 Å². The van der Waals surface area contributed by atoms with Crippen molar-refractivity contribution >= 4 is 5.91 Å². The first-order valence-electron chi connectivity index (χ1n) is 37.0. The van der Waals surface area contributed by atoms with Crippen molar-refractivity contribution in [1.29, 1.82) is 0 Å². The molecule has 506 valence electrons. The largest absolute Gasteiger partial charge is 0.394 e. The van der Waals surface area contributed by atoms with Crippen molar-refractivity contribution in [3.05, 3.63) is 48.6 Å². The third kappa shape index (κ3) is 49.8. The lowest BCUT2D eigenvalue weighted by atomic mass is 9.98. The Morgan fingerprint density at radius 1 is 0.407 bits per heavy atom. The fourth-order valence-corrected chi connectivity index (χ4v) is 11.9. The molecule has 1 amide bonds. The molecule has 9 atom stereocenters. The number of amides is 1. The molecule has 0 bridgehead atoms. The van der Waals surface area contributed by atoms with Gasteiger partial charge in [-0.25, -0.2) is 0 Å². The summed E-state index contributed by atoms with van der Waals surface area (Å²) in [5.41, 5.74) is 0. The van der Waals surface area contributed by atoms with Gasteiger partial charge in [0.1, 0.15) is 36.6 Å². The minimum absolute atomic E-state index is 0.247.